The van der Waals surface area contributed by atoms with Gasteiger partial charge in [-0.2, -0.15) is 0 Å². The summed E-state index contributed by atoms with van der Waals surface area (Å²) in [6.07, 6.45) is 3.86. The number of ether oxygens (including phenoxy) is 1. The van der Waals surface area contributed by atoms with E-state index in [1.165, 1.54) is 16.7 Å². The smallest absolute Gasteiger partial charge is 0.0717 e. The fraction of sp³-hybridized carbons (Fsp3) is 0.353. The fourth-order valence-electron chi connectivity index (χ4n) is 1.86. The highest BCUT2D eigenvalue weighted by Crippen LogP contribution is 2.06. The van der Waals surface area contributed by atoms with Crippen LogP contribution in [0.25, 0.3) is 0 Å². The second-order valence-electron chi connectivity index (χ2n) is 4.80. The normalized spacial score (nSPS) is 10.6. The first-order valence-corrected chi connectivity index (χ1v) is 6.85. The van der Waals surface area contributed by atoms with Crippen molar-refractivity contribution in [2.75, 3.05) is 6.61 Å². The minimum absolute atomic E-state index is 0.674. The minimum Gasteiger partial charge on any atom is -0.376 e. The van der Waals surface area contributed by atoms with Crippen LogP contribution in [0, 0.1) is 6.92 Å². The van der Waals surface area contributed by atoms with Crippen molar-refractivity contribution >= 4 is 0 Å². The van der Waals surface area contributed by atoms with Crippen LogP contribution in [-0.2, 0) is 24.2 Å². The van der Waals surface area contributed by atoms with E-state index in [1.54, 1.807) is 0 Å². The Hall–Kier alpha value is -1.67. The summed E-state index contributed by atoms with van der Waals surface area (Å²) in [6.45, 7) is 5.62. The van der Waals surface area contributed by atoms with E-state index in [0.29, 0.717) is 13.2 Å². The summed E-state index contributed by atoms with van der Waals surface area (Å²) >= 11 is 0. The van der Waals surface area contributed by atoms with Gasteiger partial charge in [-0.1, -0.05) is 42.8 Å². The molecule has 1 aromatic carbocycles. The Bertz CT molecular complexity index is 488. The van der Waals surface area contributed by atoms with Crippen molar-refractivity contribution in [3.8, 4) is 0 Å². The molecule has 0 saturated carbocycles. The number of pyridine rings is 1. The van der Waals surface area contributed by atoms with Crippen LogP contribution < -0.4 is 0 Å². The van der Waals surface area contributed by atoms with E-state index in [2.05, 4.69) is 55.2 Å². The molecule has 0 fully saturated rings. The molecule has 2 nitrogen and oxygen atoms in total. The molecule has 1 aromatic heterocycles. The Morgan fingerprint density at radius 2 is 1.74 bits per heavy atom. The minimum atomic E-state index is 0.674. The van der Waals surface area contributed by atoms with Gasteiger partial charge in [-0.15, -0.1) is 0 Å². The molecule has 0 aliphatic carbocycles. The molecule has 1 heterocycles. The van der Waals surface area contributed by atoms with E-state index in [-0.39, 0.29) is 0 Å². The van der Waals surface area contributed by atoms with Crippen molar-refractivity contribution in [2.45, 2.75) is 33.3 Å². The Kier molecular flexibility index (Phi) is 5.10. The molecule has 2 aromatic rings. The predicted molar refractivity (Wildman–Crippen MR) is 78.2 cm³/mol. The summed E-state index contributed by atoms with van der Waals surface area (Å²) in [5.41, 5.74) is 4.88. The molecule has 0 spiro atoms. The molecule has 0 radical (unpaired) electrons. The summed E-state index contributed by atoms with van der Waals surface area (Å²) in [7, 11) is 0. The molecule has 0 N–H and O–H groups in total. The van der Waals surface area contributed by atoms with Gasteiger partial charge in [-0.25, -0.2) is 0 Å². The lowest BCUT2D eigenvalue weighted by molar-refractivity contribution is 0.123. The quantitative estimate of drug-likeness (QED) is 0.734. The molecule has 2 heteroatoms. The Labute approximate surface area is 115 Å². The van der Waals surface area contributed by atoms with E-state index < -0.39 is 0 Å². The zero-order valence-electron chi connectivity index (χ0n) is 11.7. The van der Waals surface area contributed by atoms with Crippen molar-refractivity contribution in [1.82, 2.24) is 4.98 Å². The zero-order valence-corrected chi connectivity index (χ0v) is 11.7. The summed E-state index contributed by atoms with van der Waals surface area (Å²) in [4.78, 5) is 4.43. The van der Waals surface area contributed by atoms with Crippen LogP contribution in [0.3, 0.4) is 0 Å². The third-order valence-corrected chi connectivity index (χ3v) is 3.19. The number of nitrogens with zero attached hydrogens (tertiary/aromatic N) is 1. The lowest BCUT2D eigenvalue weighted by Crippen LogP contribution is -2.01. The lowest BCUT2D eigenvalue weighted by Gasteiger charge is -2.05. The SMILES string of the molecule is CCc1ccc(CCOCc2ccc(C)cc2)nc1. The maximum Gasteiger partial charge on any atom is 0.0717 e. The van der Waals surface area contributed by atoms with Gasteiger partial charge in [0.05, 0.1) is 13.2 Å². The van der Waals surface area contributed by atoms with Crippen LogP contribution in [0.2, 0.25) is 0 Å². The molecule has 19 heavy (non-hydrogen) atoms. The Morgan fingerprint density at radius 3 is 2.37 bits per heavy atom. The molecule has 0 amide bonds. The predicted octanol–water partition coefficient (Wildman–Crippen LogP) is 3.71. The van der Waals surface area contributed by atoms with Gasteiger partial charge < -0.3 is 4.74 Å². The van der Waals surface area contributed by atoms with Crippen molar-refractivity contribution in [3.63, 3.8) is 0 Å². The average Bonchev–Trinajstić information content (AvgIpc) is 2.46. The molecule has 0 aliphatic rings. The second-order valence-corrected chi connectivity index (χ2v) is 4.80. The summed E-state index contributed by atoms with van der Waals surface area (Å²) in [5, 5.41) is 0. The van der Waals surface area contributed by atoms with Crippen LogP contribution in [0.15, 0.2) is 42.6 Å². The maximum absolute atomic E-state index is 5.68. The largest absolute Gasteiger partial charge is 0.376 e. The molecule has 0 aliphatic heterocycles. The van der Waals surface area contributed by atoms with Crippen molar-refractivity contribution in [1.29, 1.82) is 0 Å². The molecule has 0 bridgehead atoms. The molecule has 0 atom stereocenters. The topological polar surface area (TPSA) is 22.1 Å². The number of hydrogen-bond donors (Lipinski definition) is 0. The Balaban J connectivity index is 1.72. The number of hydrogen-bond acceptors (Lipinski definition) is 2. The molecule has 0 saturated heterocycles. The maximum atomic E-state index is 5.68. The van der Waals surface area contributed by atoms with E-state index in [9.17, 15) is 0 Å². The van der Waals surface area contributed by atoms with Crippen molar-refractivity contribution in [3.05, 3.63) is 65.0 Å². The molecule has 2 rings (SSSR count). The monoisotopic (exact) mass is 255 g/mol. The molecule has 100 valence electrons. The highest BCUT2D eigenvalue weighted by atomic mass is 16.5. The summed E-state index contributed by atoms with van der Waals surface area (Å²) < 4.78 is 5.68. The third-order valence-electron chi connectivity index (χ3n) is 3.19. The van der Waals surface area contributed by atoms with Crippen molar-refractivity contribution < 1.29 is 4.74 Å². The first-order chi connectivity index (χ1) is 9.28. The third kappa shape index (κ3) is 4.49. The lowest BCUT2D eigenvalue weighted by atomic mass is 10.2. The summed E-state index contributed by atoms with van der Waals surface area (Å²) in [6, 6.07) is 12.7. The van der Waals surface area contributed by atoms with Gasteiger partial charge in [0.1, 0.15) is 0 Å². The highest BCUT2D eigenvalue weighted by Gasteiger charge is 1.97. The van der Waals surface area contributed by atoms with Gasteiger partial charge in [0, 0.05) is 18.3 Å². The van der Waals surface area contributed by atoms with Crippen molar-refractivity contribution in [2.24, 2.45) is 0 Å². The van der Waals surface area contributed by atoms with E-state index >= 15 is 0 Å². The first-order valence-electron chi connectivity index (χ1n) is 6.85. The number of rotatable bonds is 6. The van der Waals surface area contributed by atoms with Crippen LogP contribution >= 0.6 is 0 Å². The molecule has 0 unspecified atom stereocenters. The van der Waals surface area contributed by atoms with Gasteiger partial charge in [0.25, 0.3) is 0 Å². The number of aryl methyl sites for hydroxylation is 2. The molecular formula is C17H21NO. The van der Waals surface area contributed by atoms with E-state index in [0.717, 1.165) is 18.5 Å². The Morgan fingerprint density at radius 1 is 1.00 bits per heavy atom. The van der Waals surface area contributed by atoms with Gasteiger partial charge >= 0.3 is 0 Å². The van der Waals surface area contributed by atoms with Gasteiger partial charge in [-0.05, 0) is 30.5 Å². The van der Waals surface area contributed by atoms with Gasteiger partial charge in [0.15, 0.2) is 0 Å². The van der Waals surface area contributed by atoms with E-state index in [1.807, 2.05) is 6.20 Å². The van der Waals surface area contributed by atoms with Crippen LogP contribution in [0.5, 0.6) is 0 Å². The first kappa shape index (κ1) is 13.8. The zero-order chi connectivity index (χ0) is 13.5. The fourth-order valence-corrected chi connectivity index (χ4v) is 1.86. The van der Waals surface area contributed by atoms with E-state index in [4.69, 9.17) is 4.74 Å². The van der Waals surface area contributed by atoms with Gasteiger partial charge in [0.2, 0.25) is 0 Å². The van der Waals surface area contributed by atoms with Gasteiger partial charge in [-0.3, -0.25) is 4.98 Å². The number of benzene rings is 1. The van der Waals surface area contributed by atoms with Crippen LogP contribution in [0.1, 0.15) is 29.3 Å². The highest BCUT2D eigenvalue weighted by molar-refractivity contribution is 5.20. The average molecular weight is 255 g/mol. The second kappa shape index (κ2) is 7.05. The summed E-state index contributed by atoms with van der Waals surface area (Å²) in [5.74, 6) is 0. The van der Waals surface area contributed by atoms with Crippen LogP contribution in [-0.4, -0.2) is 11.6 Å². The van der Waals surface area contributed by atoms with Crippen LogP contribution in [0.4, 0.5) is 0 Å². The standard InChI is InChI=1S/C17H21NO/c1-3-15-8-9-17(18-12-15)10-11-19-13-16-6-4-14(2)5-7-16/h4-9,12H,3,10-11,13H2,1-2H3. The molecular weight excluding hydrogens is 234 g/mol. The number of aromatic nitrogens is 1.